The number of aliphatic hydroxyl groups is 1. The molecular formula is C26H41NO4Si. The van der Waals surface area contributed by atoms with Crippen LogP contribution in [0.25, 0.3) is 10.8 Å². The van der Waals surface area contributed by atoms with Gasteiger partial charge in [0.05, 0.1) is 18.9 Å². The summed E-state index contributed by atoms with van der Waals surface area (Å²) in [5, 5.41) is 12.0. The van der Waals surface area contributed by atoms with Crippen LogP contribution in [-0.4, -0.2) is 37.9 Å². The fourth-order valence-corrected chi connectivity index (χ4v) is 4.93. The Labute approximate surface area is 194 Å². The van der Waals surface area contributed by atoms with E-state index in [1.54, 1.807) is 0 Å². The van der Waals surface area contributed by atoms with Gasteiger partial charge in [-0.15, -0.1) is 0 Å². The van der Waals surface area contributed by atoms with Crippen LogP contribution >= 0.6 is 0 Å². The highest BCUT2D eigenvalue weighted by atomic mass is 28.4. The predicted octanol–water partition coefficient (Wildman–Crippen LogP) is 6.11. The second-order valence-electron chi connectivity index (χ2n) is 10.4. The van der Waals surface area contributed by atoms with Crippen LogP contribution in [-0.2, 0) is 33.5 Å². The Morgan fingerprint density at radius 3 is 2.69 bits per heavy atom. The average Bonchev–Trinajstić information content (AvgIpc) is 2.77. The Morgan fingerprint density at radius 1 is 1.19 bits per heavy atom. The number of hydrogen-bond acceptors (Lipinski definition) is 5. The van der Waals surface area contributed by atoms with Gasteiger partial charge in [0.15, 0.2) is 14.6 Å². The number of aryl methyl sites for hydroxylation is 1. The summed E-state index contributed by atoms with van der Waals surface area (Å²) in [6.07, 6.45) is 8.02. The van der Waals surface area contributed by atoms with Crippen molar-refractivity contribution in [1.29, 1.82) is 0 Å². The van der Waals surface area contributed by atoms with Crippen molar-refractivity contribution in [2.75, 3.05) is 13.2 Å². The minimum absolute atomic E-state index is 0.0416. The highest BCUT2D eigenvalue weighted by Crippen LogP contribution is 2.36. The zero-order chi connectivity index (χ0) is 23.2. The number of ether oxygens (including phenoxy) is 2. The fraction of sp³-hybridized carbons (Fsp3) is 0.654. The lowest BCUT2D eigenvalue weighted by Gasteiger charge is -2.36. The molecule has 6 heteroatoms. The maximum absolute atomic E-state index is 9.51. The number of pyridine rings is 1. The number of aliphatic hydroxyl groups excluding tert-OH is 1. The normalized spacial score (nSPS) is 17.8. The SMILES string of the molecule is CC(C)(C)[Si](C)(C)OCCCCc1c(COC2CCCCO2)ncc2cc(CO)ccc12. The Bertz CT molecular complexity index is 872. The molecule has 32 heavy (non-hydrogen) atoms. The molecule has 1 aromatic heterocycles. The van der Waals surface area contributed by atoms with Crippen molar-refractivity contribution < 1.29 is 19.0 Å². The maximum atomic E-state index is 9.51. The molecule has 0 bridgehead atoms. The van der Waals surface area contributed by atoms with E-state index in [1.807, 2.05) is 18.3 Å². The lowest BCUT2D eigenvalue weighted by Crippen LogP contribution is -2.40. The van der Waals surface area contributed by atoms with Gasteiger partial charge in [0, 0.05) is 24.8 Å². The summed E-state index contributed by atoms with van der Waals surface area (Å²) in [7, 11) is -1.70. The van der Waals surface area contributed by atoms with Gasteiger partial charge in [-0.05, 0) is 79.2 Å². The molecule has 0 spiro atoms. The van der Waals surface area contributed by atoms with Gasteiger partial charge in [-0.25, -0.2) is 0 Å². The first-order valence-corrected chi connectivity index (χ1v) is 15.0. The molecule has 2 heterocycles. The van der Waals surface area contributed by atoms with Crippen molar-refractivity contribution in [3.63, 3.8) is 0 Å². The second-order valence-corrected chi connectivity index (χ2v) is 15.2. The Hall–Kier alpha value is -1.31. The molecule has 1 atom stereocenters. The van der Waals surface area contributed by atoms with Gasteiger partial charge in [-0.2, -0.15) is 0 Å². The van der Waals surface area contributed by atoms with Crippen LogP contribution in [0.1, 0.15) is 69.7 Å². The van der Waals surface area contributed by atoms with E-state index in [0.717, 1.165) is 68.4 Å². The van der Waals surface area contributed by atoms with Gasteiger partial charge in [0.25, 0.3) is 0 Å². The monoisotopic (exact) mass is 459 g/mol. The van der Waals surface area contributed by atoms with Crippen molar-refractivity contribution in [2.24, 2.45) is 0 Å². The Morgan fingerprint density at radius 2 is 2.00 bits per heavy atom. The largest absolute Gasteiger partial charge is 0.417 e. The minimum atomic E-state index is -1.70. The molecule has 1 saturated heterocycles. The average molecular weight is 460 g/mol. The number of benzene rings is 1. The first-order chi connectivity index (χ1) is 15.2. The summed E-state index contributed by atoms with van der Waals surface area (Å²) in [4.78, 5) is 4.75. The minimum Gasteiger partial charge on any atom is -0.417 e. The van der Waals surface area contributed by atoms with Crippen LogP contribution in [0.2, 0.25) is 18.1 Å². The van der Waals surface area contributed by atoms with Crippen LogP contribution in [0.5, 0.6) is 0 Å². The standard InChI is InChI=1S/C26H41NO4Si/c1-26(2,3)32(4,5)31-15-9-6-10-23-22-13-12-20(18-28)16-21(22)17-27-24(23)19-30-25-11-7-8-14-29-25/h12-13,16-17,25,28H,6-11,14-15,18-19H2,1-5H3. The molecule has 1 unspecified atom stereocenters. The molecule has 1 aliphatic heterocycles. The summed E-state index contributed by atoms with van der Waals surface area (Å²) < 4.78 is 18.2. The number of aromatic nitrogens is 1. The highest BCUT2D eigenvalue weighted by molar-refractivity contribution is 6.74. The van der Waals surface area contributed by atoms with E-state index in [4.69, 9.17) is 18.9 Å². The fourth-order valence-electron chi connectivity index (χ4n) is 3.84. The summed E-state index contributed by atoms with van der Waals surface area (Å²) >= 11 is 0. The van der Waals surface area contributed by atoms with E-state index in [2.05, 4.69) is 39.9 Å². The summed E-state index contributed by atoms with van der Waals surface area (Å²) in [5.74, 6) is 0. The molecule has 1 fully saturated rings. The van der Waals surface area contributed by atoms with Gasteiger partial charge >= 0.3 is 0 Å². The van der Waals surface area contributed by atoms with E-state index in [0.29, 0.717) is 6.61 Å². The van der Waals surface area contributed by atoms with Gasteiger partial charge in [-0.1, -0.05) is 32.9 Å². The Balaban J connectivity index is 1.68. The van der Waals surface area contributed by atoms with Crippen LogP contribution in [0.3, 0.4) is 0 Å². The third-order valence-electron chi connectivity index (χ3n) is 6.97. The lowest BCUT2D eigenvalue weighted by atomic mass is 9.98. The molecule has 0 saturated carbocycles. The topological polar surface area (TPSA) is 60.8 Å². The quantitative estimate of drug-likeness (QED) is 0.343. The molecule has 0 amide bonds. The van der Waals surface area contributed by atoms with Gasteiger partial charge in [0.1, 0.15) is 0 Å². The van der Waals surface area contributed by atoms with Crippen LogP contribution < -0.4 is 0 Å². The van der Waals surface area contributed by atoms with Gasteiger partial charge in [-0.3, -0.25) is 4.98 Å². The third kappa shape index (κ3) is 6.61. The molecule has 0 radical (unpaired) electrons. The van der Waals surface area contributed by atoms with Crippen molar-refractivity contribution in [3.05, 3.63) is 41.2 Å². The smallest absolute Gasteiger partial charge is 0.191 e. The van der Waals surface area contributed by atoms with Gasteiger partial charge < -0.3 is 19.0 Å². The second kappa shape index (κ2) is 11.2. The van der Waals surface area contributed by atoms with Crippen LogP contribution in [0.4, 0.5) is 0 Å². The van der Waals surface area contributed by atoms with E-state index in [-0.39, 0.29) is 17.9 Å². The third-order valence-corrected chi connectivity index (χ3v) is 11.5. The molecule has 1 aliphatic rings. The maximum Gasteiger partial charge on any atom is 0.191 e. The number of fused-ring (bicyclic) bond motifs is 1. The summed E-state index contributed by atoms with van der Waals surface area (Å²) in [6.45, 7) is 13.6. The predicted molar refractivity (Wildman–Crippen MR) is 132 cm³/mol. The molecule has 1 N–H and O–H groups in total. The molecule has 0 aliphatic carbocycles. The van der Waals surface area contributed by atoms with Gasteiger partial charge in [0.2, 0.25) is 0 Å². The molecule has 1 aromatic carbocycles. The number of hydrogen-bond donors (Lipinski definition) is 1. The van der Waals surface area contributed by atoms with E-state index < -0.39 is 8.32 Å². The zero-order valence-electron chi connectivity index (χ0n) is 20.6. The molecule has 5 nitrogen and oxygen atoms in total. The molecule has 3 rings (SSSR count). The van der Waals surface area contributed by atoms with E-state index in [9.17, 15) is 5.11 Å². The van der Waals surface area contributed by atoms with E-state index in [1.165, 1.54) is 10.9 Å². The number of nitrogens with zero attached hydrogens (tertiary/aromatic N) is 1. The van der Waals surface area contributed by atoms with Crippen molar-refractivity contribution >= 4 is 19.1 Å². The van der Waals surface area contributed by atoms with Crippen molar-refractivity contribution in [2.45, 2.75) is 96.9 Å². The van der Waals surface area contributed by atoms with Crippen molar-refractivity contribution in [3.8, 4) is 0 Å². The van der Waals surface area contributed by atoms with Crippen LogP contribution in [0, 0.1) is 0 Å². The lowest BCUT2D eigenvalue weighted by molar-refractivity contribution is -0.169. The first-order valence-electron chi connectivity index (χ1n) is 12.1. The summed E-state index contributed by atoms with van der Waals surface area (Å²) in [5.41, 5.74) is 3.15. The first kappa shape index (κ1) is 25.3. The number of unbranched alkanes of at least 4 members (excludes halogenated alkanes) is 1. The van der Waals surface area contributed by atoms with Crippen molar-refractivity contribution in [1.82, 2.24) is 4.98 Å². The highest BCUT2D eigenvalue weighted by Gasteiger charge is 2.36. The Kier molecular flexibility index (Phi) is 8.87. The molecule has 178 valence electrons. The zero-order valence-corrected chi connectivity index (χ0v) is 21.6. The molecular weight excluding hydrogens is 418 g/mol. The summed E-state index contributed by atoms with van der Waals surface area (Å²) in [6, 6.07) is 6.15. The molecule has 2 aromatic rings. The van der Waals surface area contributed by atoms with Crippen LogP contribution in [0.15, 0.2) is 24.4 Å². The number of rotatable bonds is 10. The van der Waals surface area contributed by atoms with E-state index >= 15 is 0 Å².